The maximum absolute atomic E-state index is 13.4. The van der Waals surface area contributed by atoms with Crippen molar-refractivity contribution in [3.05, 3.63) is 41.5 Å². The molecule has 0 spiro atoms. The topological polar surface area (TPSA) is 117 Å². The Kier molecular flexibility index (Phi) is 6.04. The molecule has 0 fully saturated rings. The first-order valence-corrected chi connectivity index (χ1v) is 10.7. The van der Waals surface area contributed by atoms with Gasteiger partial charge >= 0.3 is 6.03 Å². The highest BCUT2D eigenvalue weighted by Crippen LogP contribution is 2.26. The van der Waals surface area contributed by atoms with Gasteiger partial charge in [0.25, 0.3) is 0 Å². The normalized spacial score (nSPS) is 16.9. The Labute approximate surface area is 176 Å². The van der Waals surface area contributed by atoms with Crippen LogP contribution in [0, 0.1) is 17.5 Å². The average molecular weight is 461 g/mol. The van der Waals surface area contributed by atoms with Crippen LogP contribution in [0.1, 0.15) is 26.5 Å². The zero-order chi connectivity index (χ0) is 23.1. The second-order valence-corrected chi connectivity index (χ2v) is 9.60. The highest BCUT2D eigenvalue weighted by atomic mass is 32.2. The first kappa shape index (κ1) is 23.0. The molecule has 1 aliphatic rings. The van der Waals surface area contributed by atoms with E-state index in [9.17, 15) is 31.5 Å². The molecule has 2 heterocycles. The number of amides is 2. The zero-order valence-electron chi connectivity index (χ0n) is 17.0. The predicted molar refractivity (Wildman–Crippen MR) is 104 cm³/mol. The molecule has 0 saturated carbocycles. The number of hydrogen-bond acceptors (Lipinski definition) is 5. The summed E-state index contributed by atoms with van der Waals surface area (Å²) in [5, 5.41) is 15.7. The van der Waals surface area contributed by atoms with E-state index >= 15 is 0 Å². The van der Waals surface area contributed by atoms with Gasteiger partial charge in [-0.1, -0.05) is 0 Å². The molecule has 2 aromatic rings. The van der Waals surface area contributed by atoms with E-state index in [0.29, 0.717) is 12.1 Å². The monoisotopic (exact) mass is 461 g/mol. The van der Waals surface area contributed by atoms with Crippen LogP contribution in [0.25, 0.3) is 0 Å². The van der Waals surface area contributed by atoms with Gasteiger partial charge in [-0.05, 0) is 20.8 Å². The summed E-state index contributed by atoms with van der Waals surface area (Å²) in [6.07, 6.45) is 1.16. The molecular formula is C18H22F3N5O4S. The standard InChI is InChI=1S/C18H22F3N5O4S/c1-10-7-26-14(15(6-22-26)31(29,30)24-18(2,3)9-27)8-25(10)17(28)23-11-4-12(19)16(21)13(20)5-11/h4-6,10,24,27H,7-9H2,1-3H3,(H,23,28)/t10-/m0/s1. The maximum atomic E-state index is 13.4. The fourth-order valence-electron chi connectivity index (χ4n) is 3.15. The van der Waals surface area contributed by atoms with Crippen molar-refractivity contribution in [2.45, 2.75) is 50.3 Å². The van der Waals surface area contributed by atoms with Crippen LogP contribution in [0.2, 0.25) is 0 Å². The van der Waals surface area contributed by atoms with E-state index in [1.807, 2.05) is 0 Å². The number of rotatable bonds is 5. The van der Waals surface area contributed by atoms with Crippen LogP contribution < -0.4 is 10.0 Å². The molecule has 31 heavy (non-hydrogen) atoms. The van der Waals surface area contributed by atoms with Gasteiger partial charge in [0.05, 0.1) is 43.2 Å². The number of fused-ring (bicyclic) bond motifs is 1. The van der Waals surface area contributed by atoms with Gasteiger partial charge in [-0.15, -0.1) is 0 Å². The molecule has 3 rings (SSSR count). The minimum absolute atomic E-state index is 0.155. The highest BCUT2D eigenvalue weighted by molar-refractivity contribution is 7.89. The summed E-state index contributed by atoms with van der Waals surface area (Å²) < 4.78 is 69.4. The van der Waals surface area contributed by atoms with E-state index in [0.717, 1.165) is 6.20 Å². The molecule has 2 amide bonds. The van der Waals surface area contributed by atoms with Crippen LogP contribution in [0.3, 0.4) is 0 Å². The van der Waals surface area contributed by atoms with Crippen molar-refractivity contribution in [2.24, 2.45) is 0 Å². The molecule has 0 saturated heterocycles. The molecule has 3 N–H and O–H groups in total. The van der Waals surface area contributed by atoms with Crippen molar-refractivity contribution >= 4 is 21.7 Å². The summed E-state index contributed by atoms with van der Waals surface area (Å²) in [6, 6.07) is 0.107. The second-order valence-electron chi connectivity index (χ2n) is 7.95. The quantitative estimate of drug-likeness (QED) is 0.587. The van der Waals surface area contributed by atoms with Crippen molar-refractivity contribution in [2.75, 3.05) is 11.9 Å². The fourth-order valence-corrected chi connectivity index (χ4v) is 4.71. The lowest BCUT2D eigenvalue weighted by Gasteiger charge is -2.34. The number of aromatic nitrogens is 2. The third-order valence-electron chi connectivity index (χ3n) is 4.79. The van der Waals surface area contributed by atoms with E-state index < -0.39 is 51.7 Å². The third-order valence-corrected chi connectivity index (χ3v) is 6.53. The van der Waals surface area contributed by atoms with Gasteiger partial charge in [0.15, 0.2) is 17.5 Å². The molecule has 9 nitrogen and oxygen atoms in total. The smallest absolute Gasteiger partial charge is 0.322 e. The van der Waals surface area contributed by atoms with Gasteiger partial charge in [0.2, 0.25) is 10.0 Å². The Morgan fingerprint density at radius 1 is 1.29 bits per heavy atom. The number of nitrogens with zero attached hydrogens (tertiary/aromatic N) is 3. The van der Waals surface area contributed by atoms with Crippen LogP contribution in [-0.4, -0.2) is 52.4 Å². The predicted octanol–water partition coefficient (Wildman–Crippen LogP) is 1.79. The lowest BCUT2D eigenvalue weighted by molar-refractivity contribution is 0.160. The Bertz CT molecular complexity index is 1100. The minimum Gasteiger partial charge on any atom is -0.394 e. The summed E-state index contributed by atoms with van der Waals surface area (Å²) in [5.41, 5.74) is -1.18. The lowest BCUT2D eigenvalue weighted by Crippen LogP contribution is -2.48. The first-order chi connectivity index (χ1) is 14.3. The van der Waals surface area contributed by atoms with Gasteiger partial charge < -0.3 is 15.3 Å². The number of sulfonamides is 1. The summed E-state index contributed by atoms with van der Waals surface area (Å²) >= 11 is 0. The molecule has 0 aliphatic carbocycles. The van der Waals surface area contributed by atoms with Gasteiger partial charge in [0, 0.05) is 17.8 Å². The molecule has 0 unspecified atom stereocenters. The number of aliphatic hydroxyl groups excluding tert-OH is 1. The van der Waals surface area contributed by atoms with Crippen molar-refractivity contribution in [3.8, 4) is 0 Å². The molecule has 1 aromatic heterocycles. The largest absolute Gasteiger partial charge is 0.394 e. The molecule has 0 radical (unpaired) electrons. The molecule has 1 aromatic carbocycles. The zero-order valence-corrected chi connectivity index (χ0v) is 17.8. The second kappa shape index (κ2) is 8.13. The number of urea groups is 1. The van der Waals surface area contributed by atoms with Gasteiger partial charge in [-0.25, -0.2) is 31.1 Å². The number of carbonyl (C=O) groups excluding carboxylic acids is 1. The minimum atomic E-state index is -4.06. The molecule has 13 heteroatoms. The van der Waals surface area contributed by atoms with Crippen molar-refractivity contribution < 1.29 is 31.5 Å². The maximum Gasteiger partial charge on any atom is 0.322 e. The van der Waals surface area contributed by atoms with Crippen LogP contribution in [-0.2, 0) is 23.1 Å². The SMILES string of the molecule is C[C@H]1Cn2ncc(S(=O)(=O)NC(C)(C)CO)c2CN1C(=O)Nc1cc(F)c(F)c(F)c1. The fraction of sp³-hybridized carbons (Fsp3) is 0.444. The van der Waals surface area contributed by atoms with Crippen LogP contribution in [0.4, 0.5) is 23.7 Å². The number of halogens is 3. The van der Waals surface area contributed by atoms with Gasteiger partial charge in [-0.3, -0.25) is 4.68 Å². The molecular weight excluding hydrogens is 439 g/mol. The van der Waals surface area contributed by atoms with Gasteiger partial charge in [-0.2, -0.15) is 5.10 Å². The Hall–Kier alpha value is -2.64. The highest BCUT2D eigenvalue weighted by Gasteiger charge is 2.35. The average Bonchev–Trinajstić information content (AvgIpc) is 3.08. The van der Waals surface area contributed by atoms with Gasteiger partial charge in [0.1, 0.15) is 4.90 Å². The van der Waals surface area contributed by atoms with Crippen LogP contribution in [0.5, 0.6) is 0 Å². The summed E-state index contributed by atoms with van der Waals surface area (Å²) in [5.74, 6) is -4.56. The summed E-state index contributed by atoms with van der Waals surface area (Å²) in [6.45, 7) is 4.28. The summed E-state index contributed by atoms with van der Waals surface area (Å²) in [7, 11) is -4.06. The number of hydrogen-bond donors (Lipinski definition) is 3. The molecule has 1 atom stereocenters. The van der Waals surface area contributed by atoms with E-state index in [-0.39, 0.29) is 29.4 Å². The lowest BCUT2D eigenvalue weighted by atomic mass is 10.1. The van der Waals surface area contributed by atoms with E-state index in [2.05, 4.69) is 15.1 Å². The van der Waals surface area contributed by atoms with E-state index in [4.69, 9.17) is 0 Å². The van der Waals surface area contributed by atoms with Crippen molar-refractivity contribution in [1.29, 1.82) is 0 Å². The Morgan fingerprint density at radius 2 is 1.90 bits per heavy atom. The Balaban J connectivity index is 1.86. The first-order valence-electron chi connectivity index (χ1n) is 9.26. The van der Waals surface area contributed by atoms with E-state index in [1.165, 1.54) is 23.4 Å². The number of aliphatic hydroxyl groups is 1. The number of anilines is 1. The molecule has 1 aliphatic heterocycles. The van der Waals surface area contributed by atoms with Crippen LogP contribution in [0.15, 0.2) is 23.2 Å². The van der Waals surface area contributed by atoms with Crippen LogP contribution >= 0.6 is 0 Å². The molecule has 170 valence electrons. The number of benzene rings is 1. The van der Waals surface area contributed by atoms with E-state index in [1.54, 1.807) is 6.92 Å². The van der Waals surface area contributed by atoms with Crippen molar-refractivity contribution in [1.82, 2.24) is 19.4 Å². The van der Waals surface area contributed by atoms with Crippen molar-refractivity contribution in [3.63, 3.8) is 0 Å². The third kappa shape index (κ3) is 4.67. The Morgan fingerprint density at radius 3 is 2.48 bits per heavy atom. The number of nitrogens with one attached hydrogen (secondary N) is 2. The molecule has 0 bridgehead atoms. The summed E-state index contributed by atoms with van der Waals surface area (Å²) in [4.78, 5) is 13.8. The number of carbonyl (C=O) groups is 1.